The van der Waals surface area contributed by atoms with Gasteiger partial charge in [-0.25, -0.2) is 4.99 Å². The first-order valence-electron chi connectivity index (χ1n) is 14.4. The van der Waals surface area contributed by atoms with Gasteiger partial charge in [-0.2, -0.15) is 0 Å². The standard InChI is InChI=1S/C34H34N4O4S2/c1-21(39)36-27-12-8-9-13-29(27)43-28-17-15-25(38(41)42)18-22(28)20-35-33-31(32(40)37-24-10-6-5-7-11-24)26-16-14-23(34(2,3)4)19-30(26)44-33/h5-13,15,17-18,20,23H,14,16,19H2,1-4H3,(H,36,39)(H,37,40)/t23-/m1/s1. The van der Waals surface area contributed by atoms with E-state index >= 15 is 0 Å². The Balaban J connectivity index is 1.55. The average Bonchev–Trinajstić information content (AvgIpc) is 3.35. The number of nitro groups is 1. The largest absolute Gasteiger partial charge is 0.325 e. The Bertz CT molecular complexity index is 1740. The fourth-order valence-electron chi connectivity index (χ4n) is 5.29. The summed E-state index contributed by atoms with van der Waals surface area (Å²) in [4.78, 5) is 44.3. The van der Waals surface area contributed by atoms with Crippen molar-refractivity contribution in [2.24, 2.45) is 16.3 Å². The number of para-hydroxylation sites is 2. The lowest BCUT2D eigenvalue weighted by Crippen LogP contribution is -2.27. The fourth-order valence-corrected chi connectivity index (χ4v) is 7.54. The smallest absolute Gasteiger partial charge is 0.270 e. The van der Waals surface area contributed by atoms with Gasteiger partial charge in [-0.3, -0.25) is 19.7 Å². The van der Waals surface area contributed by atoms with Gasteiger partial charge < -0.3 is 10.6 Å². The van der Waals surface area contributed by atoms with Crippen LogP contribution in [-0.2, 0) is 17.6 Å². The van der Waals surface area contributed by atoms with Crippen LogP contribution in [0.4, 0.5) is 22.1 Å². The van der Waals surface area contributed by atoms with Gasteiger partial charge in [0.15, 0.2) is 0 Å². The van der Waals surface area contributed by atoms with E-state index in [-0.39, 0.29) is 22.9 Å². The van der Waals surface area contributed by atoms with E-state index in [0.29, 0.717) is 33.4 Å². The Hall–Kier alpha value is -4.28. The molecular formula is C34H34N4O4S2. The Morgan fingerprint density at radius 2 is 1.75 bits per heavy atom. The van der Waals surface area contributed by atoms with Crippen LogP contribution in [0.3, 0.4) is 0 Å². The maximum atomic E-state index is 13.7. The number of carbonyl (C=O) groups excluding carboxylic acids is 2. The number of nitrogens with zero attached hydrogens (tertiary/aromatic N) is 2. The third-order valence-corrected chi connectivity index (χ3v) is 10.0. The van der Waals surface area contributed by atoms with Gasteiger partial charge >= 0.3 is 0 Å². The second-order valence-corrected chi connectivity index (χ2v) is 14.0. The molecule has 2 N–H and O–H groups in total. The number of amides is 2. The van der Waals surface area contributed by atoms with Gasteiger partial charge in [-0.1, -0.05) is 62.9 Å². The molecule has 0 saturated carbocycles. The van der Waals surface area contributed by atoms with Crippen LogP contribution in [0.1, 0.15) is 60.5 Å². The molecule has 1 aliphatic rings. The molecule has 44 heavy (non-hydrogen) atoms. The van der Waals surface area contributed by atoms with Crippen molar-refractivity contribution < 1.29 is 14.5 Å². The van der Waals surface area contributed by atoms with Crippen LogP contribution in [0, 0.1) is 21.4 Å². The molecule has 4 aromatic rings. The molecule has 0 aliphatic heterocycles. The monoisotopic (exact) mass is 626 g/mol. The second kappa shape index (κ2) is 13.2. The average molecular weight is 627 g/mol. The number of nitrogens with one attached hydrogen (secondary N) is 2. The molecule has 1 aromatic heterocycles. The number of hydrogen-bond donors (Lipinski definition) is 2. The van der Waals surface area contributed by atoms with Crippen LogP contribution in [0.5, 0.6) is 0 Å². The van der Waals surface area contributed by atoms with Gasteiger partial charge in [-0.15, -0.1) is 11.3 Å². The van der Waals surface area contributed by atoms with Crippen LogP contribution in [0.25, 0.3) is 0 Å². The minimum absolute atomic E-state index is 0.0634. The summed E-state index contributed by atoms with van der Waals surface area (Å²) in [7, 11) is 0. The number of benzene rings is 3. The highest BCUT2D eigenvalue weighted by Crippen LogP contribution is 2.46. The van der Waals surface area contributed by atoms with Crippen molar-refractivity contribution in [3.05, 3.63) is 104 Å². The Labute approximate surface area is 265 Å². The molecule has 10 heteroatoms. The third kappa shape index (κ3) is 7.26. The topological polar surface area (TPSA) is 114 Å². The van der Waals surface area contributed by atoms with E-state index in [1.165, 1.54) is 47.0 Å². The molecule has 0 radical (unpaired) electrons. The fraction of sp³-hybridized carbons (Fsp3) is 0.265. The quantitative estimate of drug-likeness (QED) is 0.115. The van der Waals surface area contributed by atoms with Crippen LogP contribution in [0.2, 0.25) is 0 Å². The van der Waals surface area contributed by atoms with E-state index in [4.69, 9.17) is 4.99 Å². The SMILES string of the molecule is CC(=O)Nc1ccccc1Sc1ccc([N+](=O)[O-])cc1C=Nc1sc2c(c1C(=O)Nc1ccccc1)CC[C@@H](C(C)(C)C)C2. The molecule has 0 bridgehead atoms. The first kappa shape index (κ1) is 31.2. The molecule has 0 saturated heterocycles. The van der Waals surface area contributed by atoms with Crippen molar-refractivity contribution in [1.82, 2.24) is 0 Å². The lowest BCUT2D eigenvalue weighted by molar-refractivity contribution is -0.384. The van der Waals surface area contributed by atoms with Gasteiger partial charge in [0.1, 0.15) is 5.00 Å². The molecule has 0 fully saturated rings. The second-order valence-electron chi connectivity index (χ2n) is 11.8. The minimum atomic E-state index is -0.438. The summed E-state index contributed by atoms with van der Waals surface area (Å²) in [6.07, 6.45) is 4.26. The number of fused-ring (bicyclic) bond motifs is 1. The van der Waals surface area contributed by atoms with Crippen LogP contribution in [-0.4, -0.2) is 23.0 Å². The first-order valence-corrected chi connectivity index (χ1v) is 16.0. The Morgan fingerprint density at radius 1 is 1.02 bits per heavy atom. The highest BCUT2D eigenvalue weighted by Gasteiger charge is 2.33. The molecule has 1 heterocycles. The summed E-state index contributed by atoms with van der Waals surface area (Å²) in [5, 5.41) is 18.1. The summed E-state index contributed by atoms with van der Waals surface area (Å²) in [6, 6.07) is 21.3. The third-order valence-electron chi connectivity index (χ3n) is 7.67. The molecule has 226 valence electrons. The maximum Gasteiger partial charge on any atom is 0.270 e. The van der Waals surface area contributed by atoms with Crippen LogP contribution < -0.4 is 10.6 Å². The molecule has 1 atom stereocenters. The first-order chi connectivity index (χ1) is 21.0. The molecule has 8 nitrogen and oxygen atoms in total. The zero-order valence-electron chi connectivity index (χ0n) is 25.0. The zero-order chi connectivity index (χ0) is 31.4. The highest BCUT2D eigenvalue weighted by atomic mass is 32.2. The van der Waals surface area contributed by atoms with E-state index in [1.807, 2.05) is 54.6 Å². The van der Waals surface area contributed by atoms with Crippen molar-refractivity contribution in [3.63, 3.8) is 0 Å². The normalized spacial score (nSPS) is 14.7. The molecular weight excluding hydrogens is 593 g/mol. The van der Waals surface area contributed by atoms with Crippen LogP contribution in [0.15, 0.2) is 87.6 Å². The van der Waals surface area contributed by atoms with E-state index in [0.717, 1.165) is 34.6 Å². The van der Waals surface area contributed by atoms with Crippen molar-refractivity contribution in [2.75, 3.05) is 10.6 Å². The number of non-ortho nitro benzene ring substituents is 1. The molecule has 3 aromatic carbocycles. The number of anilines is 2. The number of aliphatic imine (C=N–C) groups is 1. The van der Waals surface area contributed by atoms with E-state index < -0.39 is 4.92 Å². The number of carbonyl (C=O) groups is 2. The van der Waals surface area contributed by atoms with Crippen molar-refractivity contribution in [3.8, 4) is 0 Å². The molecule has 5 rings (SSSR count). The maximum absolute atomic E-state index is 13.7. The van der Waals surface area contributed by atoms with Crippen molar-refractivity contribution >= 4 is 63.2 Å². The lowest BCUT2D eigenvalue weighted by Gasteiger charge is -2.33. The van der Waals surface area contributed by atoms with E-state index in [9.17, 15) is 19.7 Å². The Kier molecular flexibility index (Phi) is 9.31. The van der Waals surface area contributed by atoms with Crippen molar-refractivity contribution in [1.29, 1.82) is 0 Å². The number of rotatable bonds is 8. The number of hydrogen-bond acceptors (Lipinski definition) is 7. The van der Waals surface area contributed by atoms with Gasteiger partial charge in [-0.05, 0) is 66.5 Å². The minimum Gasteiger partial charge on any atom is -0.325 e. The van der Waals surface area contributed by atoms with E-state index in [1.54, 1.807) is 12.3 Å². The molecule has 0 unspecified atom stereocenters. The number of nitro benzene ring substituents is 1. The summed E-state index contributed by atoms with van der Waals surface area (Å²) in [6.45, 7) is 8.21. The lowest BCUT2D eigenvalue weighted by atomic mass is 9.72. The summed E-state index contributed by atoms with van der Waals surface area (Å²) < 4.78 is 0. The highest BCUT2D eigenvalue weighted by molar-refractivity contribution is 7.99. The predicted molar refractivity (Wildman–Crippen MR) is 179 cm³/mol. The van der Waals surface area contributed by atoms with Gasteiger partial charge in [0, 0.05) is 51.2 Å². The molecule has 0 spiro atoms. The van der Waals surface area contributed by atoms with Crippen molar-refractivity contribution in [2.45, 2.75) is 56.7 Å². The summed E-state index contributed by atoms with van der Waals surface area (Å²) in [5.41, 5.74) is 3.56. The molecule has 2 amide bonds. The van der Waals surface area contributed by atoms with Gasteiger partial charge in [0.2, 0.25) is 5.91 Å². The zero-order valence-corrected chi connectivity index (χ0v) is 26.7. The summed E-state index contributed by atoms with van der Waals surface area (Å²) >= 11 is 2.90. The van der Waals surface area contributed by atoms with Gasteiger partial charge in [0.25, 0.3) is 11.6 Å². The number of thiophene rings is 1. The Morgan fingerprint density at radius 3 is 2.45 bits per heavy atom. The molecule has 1 aliphatic carbocycles. The van der Waals surface area contributed by atoms with E-state index in [2.05, 4.69) is 31.4 Å². The predicted octanol–water partition coefficient (Wildman–Crippen LogP) is 8.92. The van der Waals surface area contributed by atoms with Crippen LogP contribution >= 0.6 is 23.1 Å². The summed E-state index contributed by atoms with van der Waals surface area (Å²) in [5.74, 6) is 0.0760. The van der Waals surface area contributed by atoms with Gasteiger partial charge in [0.05, 0.1) is 16.2 Å².